The number of hydrogen-bond acceptors (Lipinski definition) is 2. The van der Waals surface area contributed by atoms with E-state index in [2.05, 4.69) is 10.6 Å². The molecule has 0 saturated carbocycles. The lowest BCUT2D eigenvalue weighted by molar-refractivity contribution is 0.102. The monoisotopic (exact) mass is 322 g/mol. The van der Waals surface area contributed by atoms with Crippen LogP contribution in [0.2, 0.25) is 10.0 Å². The Morgan fingerprint density at radius 1 is 1.14 bits per heavy atom. The van der Waals surface area contributed by atoms with Crippen LogP contribution in [0, 0.1) is 0 Å². The molecule has 5 heteroatoms. The molecule has 21 heavy (non-hydrogen) atoms. The van der Waals surface area contributed by atoms with Gasteiger partial charge in [0, 0.05) is 10.6 Å². The number of hydrogen-bond donors (Lipinski definition) is 2. The van der Waals surface area contributed by atoms with Crippen molar-refractivity contribution >= 4 is 34.8 Å². The minimum Gasteiger partial charge on any atom is -0.321 e. The molecule has 2 aromatic carbocycles. The van der Waals surface area contributed by atoms with E-state index in [4.69, 9.17) is 23.2 Å². The lowest BCUT2D eigenvalue weighted by Gasteiger charge is -2.11. The number of halogens is 2. The number of anilines is 1. The number of benzene rings is 2. The van der Waals surface area contributed by atoms with Crippen molar-refractivity contribution < 1.29 is 4.79 Å². The maximum absolute atomic E-state index is 12.4. The zero-order chi connectivity index (χ0) is 15.2. The number of carbonyl (C=O) groups is 1. The summed E-state index contributed by atoms with van der Waals surface area (Å²) in [6, 6.07) is 12.5. The Balaban J connectivity index is 2.22. The van der Waals surface area contributed by atoms with Gasteiger partial charge in [0.25, 0.3) is 5.91 Å². The Morgan fingerprint density at radius 2 is 1.90 bits per heavy atom. The van der Waals surface area contributed by atoms with E-state index in [1.54, 1.807) is 24.3 Å². The van der Waals surface area contributed by atoms with Gasteiger partial charge in [0.2, 0.25) is 0 Å². The number of amides is 1. The van der Waals surface area contributed by atoms with E-state index >= 15 is 0 Å². The summed E-state index contributed by atoms with van der Waals surface area (Å²) in [7, 11) is 1.88. The molecule has 0 aliphatic heterocycles. The number of rotatable bonds is 5. The van der Waals surface area contributed by atoms with Crippen molar-refractivity contribution in [2.24, 2.45) is 0 Å². The third kappa shape index (κ3) is 4.21. The molecule has 0 atom stereocenters. The van der Waals surface area contributed by atoms with Gasteiger partial charge in [0.15, 0.2) is 0 Å². The molecule has 1 amide bonds. The minimum absolute atomic E-state index is 0.189. The average molecular weight is 323 g/mol. The fourth-order valence-corrected chi connectivity index (χ4v) is 2.34. The van der Waals surface area contributed by atoms with Crippen molar-refractivity contribution in [3.8, 4) is 0 Å². The normalized spacial score (nSPS) is 10.4. The number of carbonyl (C=O) groups excluding carboxylic acids is 1. The zero-order valence-electron chi connectivity index (χ0n) is 11.6. The summed E-state index contributed by atoms with van der Waals surface area (Å²) in [6.07, 6.45) is 0.781. The SMILES string of the molecule is CNCCc1ccccc1C(=O)Nc1cc(Cl)ccc1Cl. The molecule has 0 bridgehead atoms. The average Bonchev–Trinajstić information content (AvgIpc) is 2.49. The van der Waals surface area contributed by atoms with Crippen LogP contribution in [0.25, 0.3) is 0 Å². The van der Waals surface area contributed by atoms with Crippen molar-refractivity contribution in [1.82, 2.24) is 5.32 Å². The van der Waals surface area contributed by atoms with Gasteiger partial charge < -0.3 is 10.6 Å². The molecule has 0 heterocycles. The van der Waals surface area contributed by atoms with E-state index in [1.165, 1.54) is 0 Å². The third-order valence-corrected chi connectivity index (χ3v) is 3.65. The van der Waals surface area contributed by atoms with Gasteiger partial charge in [-0.3, -0.25) is 4.79 Å². The van der Waals surface area contributed by atoms with Crippen molar-refractivity contribution in [3.63, 3.8) is 0 Å². The van der Waals surface area contributed by atoms with Crippen LogP contribution in [-0.2, 0) is 6.42 Å². The first-order chi connectivity index (χ1) is 10.1. The van der Waals surface area contributed by atoms with Crippen LogP contribution >= 0.6 is 23.2 Å². The smallest absolute Gasteiger partial charge is 0.255 e. The van der Waals surface area contributed by atoms with Crippen molar-refractivity contribution in [1.29, 1.82) is 0 Å². The molecule has 0 spiro atoms. The Morgan fingerprint density at radius 3 is 2.67 bits per heavy atom. The molecule has 3 nitrogen and oxygen atoms in total. The minimum atomic E-state index is -0.189. The van der Waals surface area contributed by atoms with Crippen molar-refractivity contribution in [2.75, 3.05) is 18.9 Å². The second kappa shape index (κ2) is 7.46. The molecule has 0 aromatic heterocycles. The van der Waals surface area contributed by atoms with Crippen LogP contribution < -0.4 is 10.6 Å². The van der Waals surface area contributed by atoms with Crippen LogP contribution in [0.5, 0.6) is 0 Å². The second-order valence-corrected chi connectivity index (χ2v) is 5.43. The molecular weight excluding hydrogens is 307 g/mol. The lowest BCUT2D eigenvalue weighted by Crippen LogP contribution is -2.17. The maximum atomic E-state index is 12.4. The highest BCUT2D eigenvalue weighted by molar-refractivity contribution is 6.35. The Labute approximate surface area is 134 Å². The van der Waals surface area contributed by atoms with Crippen LogP contribution in [0.3, 0.4) is 0 Å². The fraction of sp³-hybridized carbons (Fsp3) is 0.188. The van der Waals surface area contributed by atoms with E-state index in [-0.39, 0.29) is 5.91 Å². The number of likely N-dealkylation sites (N-methyl/N-ethyl adjacent to an activating group) is 1. The molecular formula is C16H16Cl2N2O. The van der Waals surface area contributed by atoms with Gasteiger partial charge in [-0.25, -0.2) is 0 Å². The van der Waals surface area contributed by atoms with E-state index in [0.717, 1.165) is 18.5 Å². The van der Waals surface area contributed by atoms with Gasteiger partial charge in [-0.2, -0.15) is 0 Å². The Hall–Kier alpha value is -1.55. The van der Waals surface area contributed by atoms with Gasteiger partial charge in [-0.15, -0.1) is 0 Å². The molecule has 0 fully saturated rings. The first kappa shape index (κ1) is 15.8. The molecule has 0 saturated heterocycles. The summed E-state index contributed by atoms with van der Waals surface area (Å²) < 4.78 is 0. The molecule has 2 rings (SSSR count). The highest BCUT2D eigenvalue weighted by Gasteiger charge is 2.12. The molecule has 110 valence electrons. The maximum Gasteiger partial charge on any atom is 0.255 e. The predicted octanol–water partition coefficient (Wildman–Crippen LogP) is 4.01. The largest absolute Gasteiger partial charge is 0.321 e. The Kier molecular flexibility index (Phi) is 5.62. The molecule has 0 aliphatic rings. The summed E-state index contributed by atoms with van der Waals surface area (Å²) in [5.74, 6) is -0.189. The summed E-state index contributed by atoms with van der Waals surface area (Å²) in [6.45, 7) is 0.808. The summed E-state index contributed by atoms with van der Waals surface area (Å²) >= 11 is 12.0. The third-order valence-electron chi connectivity index (χ3n) is 3.08. The van der Waals surface area contributed by atoms with Gasteiger partial charge in [0.1, 0.15) is 0 Å². The molecule has 0 unspecified atom stereocenters. The van der Waals surface area contributed by atoms with Gasteiger partial charge >= 0.3 is 0 Å². The predicted molar refractivity (Wildman–Crippen MR) is 88.5 cm³/mol. The van der Waals surface area contributed by atoms with Crippen molar-refractivity contribution in [3.05, 3.63) is 63.6 Å². The van der Waals surface area contributed by atoms with Gasteiger partial charge in [-0.05, 0) is 49.8 Å². The van der Waals surface area contributed by atoms with Crippen LogP contribution in [0.4, 0.5) is 5.69 Å². The van der Waals surface area contributed by atoms with E-state index in [9.17, 15) is 4.79 Å². The Bertz CT molecular complexity index is 644. The van der Waals surface area contributed by atoms with Crippen LogP contribution in [0.1, 0.15) is 15.9 Å². The van der Waals surface area contributed by atoms with Crippen LogP contribution in [-0.4, -0.2) is 19.5 Å². The van der Waals surface area contributed by atoms with Crippen LogP contribution in [0.15, 0.2) is 42.5 Å². The van der Waals surface area contributed by atoms with Gasteiger partial charge in [-0.1, -0.05) is 41.4 Å². The first-order valence-electron chi connectivity index (χ1n) is 6.60. The highest BCUT2D eigenvalue weighted by atomic mass is 35.5. The fourth-order valence-electron chi connectivity index (χ4n) is 2.00. The highest BCUT2D eigenvalue weighted by Crippen LogP contribution is 2.26. The quantitative estimate of drug-likeness (QED) is 0.873. The van der Waals surface area contributed by atoms with E-state index < -0.39 is 0 Å². The summed E-state index contributed by atoms with van der Waals surface area (Å²) in [4.78, 5) is 12.4. The molecule has 0 radical (unpaired) electrons. The molecule has 2 aromatic rings. The summed E-state index contributed by atoms with van der Waals surface area (Å²) in [5, 5.41) is 6.87. The van der Waals surface area contributed by atoms with E-state index in [1.807, 2.05) is 25.2 Å². The lowest BCUT2D eigenvalue weighted by atomic mass is 10.0. The zero-order valence-corrected chi connectivity index (χ0v) is 13.1. The summed E-state index contributed by atoms with van der Waals surface area (Å²) in [5.41, 5.74) is 2.14. The standard InChI is InChI=1S/C16H16Cl2N2O/c1-19-9-8-11-4-2-3-5-13(11)16(21)20-15-10-12(17)6-7-14(15)18/h2-7,10,19H,8-9H2,1H3,(H,20,21). The van der Waals surface area contributed by atoms with Crippen molar-refractivity contribution in [2.45, 2.75) is 6.42 Å². The second-order valence-electron chi connectivity index (χ2n) is 4.59. The number of nitrogens with one attached hydrogen (secondary N) is 2. The molecule has 2 N–H and O–H groups in total. The van der Waals surface area contributed by atoms with E-state index in [0.29, 0.717) is 21.3 Å². The topological polar surface area (TPSA) is 41.1 Å². The molecule has 0 aliphatic carbocycles. The van der Waals surface area contributed by atoms with Gasteiger partial charge in [0.05, 0.1) is 10.7 Å². The first-order valence-corrected chi connectivity index (χ1v) is 7.36.